The van der Waals surface area contributed by atoms with Gasteiger partial charge in [-0.25, -0.2) is 0 Å². The summed E-state index contributed by atoms with van der Waals surface area (Å²) in [6.07, 6.45) is 3.59. The van der Waals surface area contributed by atoms with Crippen LogP contribution in [-0.4, -0.2) is 34.9 Å². The number of hydrogen-bond acceptors (Lipinski definition) is 8. The Morgan fingerprint density at radius 1 is 0.444 bits per heavy atom. The van der Waals surface area contributed by atoms with Gasteiger partial charge in [0.05, 0.1) is 0 Å². The number of benzene rings is 6. The van der Waals surface area contributed by atoms with Gasteiger partial charge in [0, 0.05) is 29.2 Å². The second-order valence-corrected chi connectivity index (χ2v) is 15.5. The molecule has 10 aromatic rings. The van der Waals surface area contributed by atoms with Gasteiger partial charge in [-0.15, -0.1) is 104 Å². The van der Waals surface area contributed by atoms with E-state index in [1.807, 2.05) is 135 Å². The normalized spacial score (nSPS) is 11.2. The van der Waals surface area contributed by atoms with E-state index in [0.717, 1.165) is 78.4 Å². The molecular formula is C52H37N9PdPt. The molecule has 0 unspecified atom stereocenters. The van der Waals surface area contributed by atoms with Gasteiger partial charge in [0.2, 0.25) is 0 Å². The van der Waals surface area contributed by atoms with Crippen LogP contribution in [-0.2, 0) is 46.9 Å². The number of rotatable bonds is 9. The molecule has 0 N–H and O–H groups in total. The third-order valence-corrected chi connectivity index (χ3v) is 10.3. The SMILES string of the molecule is CC(C)(C)c1nnc(-n2c3[c-]c(N(c4[c-]c(-c5ccccn5)ccc4)c4ccccc4)ccc3c3ccc(N(c4[c-]c(-c5ccccn5)ccc4)c4ccccc4)[c-]c32)nn1.[Pd+2].[Pt+2]. The Morgan fingerprint density at radius 3 is 1.29 bits per heavy atom. The Hall–Kier alpha value is -6.69. The molecule has 4 heterocycles. The molecule has 10 rings (SSSR count). The maximum atomic E-state index is 4.71. The predicted molar refractivity (Wildman–Crippen MR) is 242 cm³/mol. The third kappa shape index (κ3) is 8.59. The fourth-order valence-corrected chi connectivity index (χ4v) is 7.40. The first kappa shape index (κ1) is 43.0. The molecule has 0 spiro atoms. The van der Waals surface area contributed by atoms with Crippen LogP contribution in [0.15, 0.2) is 170 Å². The van der Waals surface area contributed by atoms with Crippen molar-refractivity contribution < 1.29 is 41.5 Å². The van der Waals surface area contributed by atoms with Gasteiger partial charge in [0.25, 0.3) is 5.95 Å². The van der Waals surface area contributed by atoms with Crippen LogP contribution in [0, 0.1) is 24.3 Å². The number of fused-ring (bicyclic) bond motifs is 3. The second kappa shape index (κ2) is 18.3. The van der Waals surface area contributed by atoms with Crippen LogP contribution >= 0.6 is 0 Å². The first-order valence-electron chi connectivity index (χ1n) is 20.0. The van der Waals surface area contributed by atoms with Gasteiger partial charge >= 0.3 is 41.5 Å². The summed E-state index contributed by atoms with van der Waals surface area (Å²) in [7, 11) is 0. The molecule has 0 amide bonds. The Kier molecular flexibility index (Phi) is 12.5. The minimum absolute atomic E-state index is 0. The molecule has 63 heavy (non-hydrogen) atoms. The molecule has 0 atom stereocenters. The predicted octanol–water partition coefficient (Wildman–Crippen LogP) is 11.9. The minimum Gasteiger partial charge on any atom is -0.352 e. The topological polar surface area (TPSA) is 88.8 Å². The molecule has 0 saturated carbocycles. The summed E-state index contributed by atoms with van der Waals surface area (Å²) >= 11 is 0. The van der Waals surface area contributed by atoms with Crippen molar-refractivity contribution in [1.29, 1.82) is 0 Å². The summed E-state index contributed by atoms with van der Waals surface area (Å²) in [5.41, 5.74) is 9.71. The zero-order valence-corrected chi connectivity index (χ0v) is 38.1. The molecule has 310 valence electrons. The van der Waals surface area contributed by atoms with Crippen molar-refractivity contribution in [3.63, 3.8) is 0 Å². The van der Waals surface area contributed by atoms with Gasteiger partial charge in [0.1, 0.15) is 0 Å². The van der Waals surface area contributed by atoms with E-state index in [0.29, 0.717) is 11.8 Å². The summed E-state index contributed by atoms with van der Waals surface area (Å²) in [4.78, 5) is 13.5. The van der Waals surface area contributed by atoms with Crippen LogP contribution in [0.25, 0.3) is 50.3 Å². The third-order valence-electron chi connectivity index (χ3n) is 10.3. The van der Waals surface area contributed by atoms with E-state index in [1.165, 1.54) is 0 Å². The standard InChI is InChI=1S/C52H37N9.Pd.Pt/c1-52(2,3)50-55-57-51(58-56-50)61-48-34-42(59(38-18-6-4-7-19-38)40-22-14-16-36(32-40)46-24-10-12-30-53-46)26-28-44(48)45-29-27-43(35-49(45)61)60(39-20-8-5-9-21-39)41-23-15-17-37(33-41)47-25-11-13-31-54-47;;/h4-31H,1-3H3;;/q-4;2*+2. The molecule has 6 aromatic carbocycles. The average Bonchev–Trinajstić information content (AvgIpc) is 3.63. The molecule has 4 aromatic heterocycles. The smallest absolute Gasteiger partial charge is 0.352 e. The van der Waals surface area contributed by atoms with E-state index in [2.05, 4.69) is 103 Å². The van der Waals surface area contributed by atoms with Gasteiger partial charge in [-0.1, -0.05) is 104 Å². The number of pyridine rings is 2. The van der Waals surface area contributed by atoms with E-state index in [9.17, 15) is 0 Å². The van der Waals surface area contributed by atoms with Crippen molar-refractivity contribution >= 4 is 55.9 Å². The molecule has 0 aliphatic carbocycles. The van der Waals surface area contributed by atoms with E-state index in [4.69, 9.17) is 10.2 Å². The van der Waals surface area contributed by atoms with E-state index >= 15 is 0 Å². The number of aromatic nitrogens is 7. The molecular weight excluding hydrogens is 1050 g/mol. The van der Waals surface area contributed by atoms with Crippen LogP contribution in [0.1, 0.15) is 26.6 Å². The molecule has 9 nitrogen and oxygen atoms in total. The van der Waals surface area contributed by atoms with Crippen LogP contribution < -0.4 is 9.80 Å². The summed E-state index contributed by atoms with van der Waals surface area (Å²) < 4.78 is 1.96. The maximum Gasteiger partial charge on any atom is 2.00 e. The molecule has 0 radical (unpaired) electrons. The van der Waals surface area contributed by atoms with Gasteiger partial charge in [-0.2, -0.15) is 22.9 Å². The van der Waals surface area contributed by atoms with Crippen molar-refractivity contribution in [1.82, 2.24) is 34.9 Å². The maximum absolute atomic E-state index is 4.71. The number of nitrogens with zero attached hydrogens (tertiary/aromatic N) is 9. The van der Waals surface area contributed by atoms with Crippen LogP contribution in [0.2, 0.25) is 0 Å². The van der Waals surface area contributed by atoms with Crippen LogP contribution in [0.4, 0.5) is 34.1 Å². The largest absolute Gasteiger partial charge is 2.00 e. The zero-order chi connectivity index (χ0) is 41.3. The van der Waals surface area contributed by atoms with Crippen molar-refractivity contribution in [2.45, 2.75) is 26.2 Å². The van der Waals surface area contributed by atoms with E-state index in [-0.39, 0.29) is 46.9 Å². The molecule has 0 fully saturated rings. The number of hydrogen-bond donors (Lipinski definition) is 0. The van der Waals surface area contributed by atoms with Crippen LogP contribution in [0.3, 0.4) is 0 Å². The molecule has 0 saturated heterocycles. The molecule has 0 aliphatic rings. The van der Waals surface area contributed by atoms with Crippen molar-refractivity contribution in [2.75, 3.05) is 9.80 Å². The zero-order valence-electron chi connectivity index (χ0n) is 34.3. The van der Waals surface area contributed by atoms with Crippen molar-refractivity contribution in [3.05, 3.63) is 200 Å². The Morgan fingerprint density at radius 2 is 0.873 bits per heavy atom. The average molecular weight is 1090 g/mol. The first-order chi connectivity index (χ1) is 29.9. The Labute approximate surface area is 394 Å². The summed E-state index contributed by atoms with van der Waals surface area (Å²) in [5, 5.41) is 20.5. The molecule has 11 heteroatoms. The van der Waals surface area contributed by atoms with Gasteiger partial charge in [0.15, 0.2) is 5.82 Å². The summed E-state index contributed by atoms with van der Waals surface area (Å²) in [6, 6.07) is 67.7. The van der Waals surface area contributed by atoms with E-state index in [1.54, 1.807) is 12.4 Å². The monoisotopic (exact) mass is 1090 g/mol. The fraction of sp³-hybridized carbons (Fsp3) is 0.0769. The molecule has 0 bridgehead atoms. The Balaban J connectivity index is 0.00000272. The summed E-state index contributed by atoms with van der Waals surface area (Å²) in [5.74, 6) is 0.850. The summed E-state index contributed by atoms with van der Waals surface area (Å²) in [6.45, 7) is 6.13. The molecule has 0 aliphatic heterocycles. The van der Waals surface area contributed by atoms with Crippen molar-refractivity contribution in [2.24, 2.45) is 0 Å². The van der Waals surface area contributed by atoms with Gasteiger partial charge in [-0.3, -0.25) is 0 Å². The fourth-order valence-electron chi connectivity index (χ4n) is 7.40. The second-order valence-electron chi connectivity index (χ2n) is 15.5. The first-order valence-corrected chi connectivity index (χ1v) is 20.0. The quantitative estimate of drug-likeness (QED) is 0.104. The van der Waals surface area contributed by atoms with Crippen LogP contribution in [0.5, 0.6) is 0 Å². The van der Waals surface area contributed by atoms with Gasteiger partial charge < -0.3 is 24.3 Å². The van der Waals surface area contributed by atoms with Crippen molar-refractivity contribution in [3.8, 4) is 28.5 Å². The van der Waals surface area contributed by atoms with E-state index < -0.39 is 0 Å². The van der Waals surface area contributed by atoms with Gasteiger partial charge in [-0.05, 0) is 59.2 Å². The number of para-hydroxylation sites is 2. The number of anilines is 6. The Bertz CT molecular complexity index is 2940. The minimum atomic E-state index is -0.342.